The first-order chi connectivity index (χ1) is 35.3. The van der Waals surface area contributed by atoms with E-state index < -0.39 is 0 Å². The van der Waals surface area contributed by atoms with Crippen molar-refractivity contribution in [2.75, 3.05) is 108 Å². The van der Waals surface area contributed by atoms with E-state index in [1.54, 1.807) is 66.9 Å². The first-order valence-electron chi connectivity index (χ1n) is 25.8. The van der Waals surface area contributed by atoms with Crippen LogP contribution in [0.3, 0.4) is 0 Å². The number of likely N-dealkylation sites (tertiary alicyclic amines) is 2. The molecule has 2 heterocycles. The van der Waals surface area contributed by atoms with E-state index in [4.69, 9.17) is 28.4 Å². The Labute approximate surface area is 435 Å². The van der Waals surface area contributed by atoms with Gasteiger partial charge in [0.1, 0.15) is 0 Å². The van der Waals surface area contributed by atoms with Gasteiger partial charge in [0.25, 0.3) is 11.8 Å². The second-order valence-corrected chi connectivity index (χ2v) is 19.3. The number of benzene rings is 4. The third-order valence-electron chi connectivity index (χ3n) is 13.1. The quantitative estimate of drug-likeness (QED) is 0.0693. The van der Waals surface area contributed by atoms with Gasteiger partial charge in [-0.05, 0) is 114 Å². The van der Waals surface area contributed by atoms with Crippen LogP contribution in [0.1, 0.15) is 98.1 Å². The van der Waals surface area contributed by atoms with Crippen LogP contribution in [-0.4, -0.2) is 163 Å². The molecule has 2 N–H and O–H groups in total. The van der Waals surface area contributed by atoms with Crippen LogP contribution in [0.15, 0.2) is 96.1 Å². The molecule has 2 aliphatic heterocycles. The summed E-state index contributed by atoms with van der Waals surface area (Å²) in [5, 5.41) is 13.7. The predicted octanol–water partition coefficient (Wildman–Crippen LogP) is 9.22. The number of nitrogens with one attached hydrogen (secondary N) is 1. The minimum atomic E-state index is -0.253. The molecule has 0 bridgehead atoms. The average molecular weight is 1010 g/mol. The summed E-state index contributed by atoms with van der Waals surface area (Å²) in [6.45, 7) is 16.5. The number of aliphatic hydroxyl groups is 1. The van der Waals surface area contributed by atoms with Gasteiger partial charge in [-0.25, -0.2) is 0 Å². The highest BCUT2D eigenvalue weighted by molar-refractivity contribution is 5.96. The summed E-state index contributed by atoms with van der Waals surface area (Å²) in [6.07, 6.45) is 10.0. The number of aliphatic hydroxyl groups excluding tert-OH is 1. The Morgan fingerprint density at radius 3 is 1.38 bits per heavy atom. The molecule has 6 rings (SSSR count). The summed E-state index contributed by atoms with van der Waals surface area (Å²) >= 11 is 0. The third-order valence-corrected chi connectivity index (χ3v) is 13.1. The molecule has 73 heavy (non-hydrogen) atoms. The molecule has 398 valence electrons. The highest BCUT2D eigenvalue weighted by atomic mass is 16.5. The number of rotatable bonds is 24. The minimum absolute atomic E-state index is 0.0527. The molecule has 0 aliphatic carbocycles. The van der Waals surface area contributed by atoms with Crippen LogP contribution in [0.25, 0.3) is 12.2 Å². The molecule has 4 aromatic rings. The molecule has 2 amide bonds. The number of nitrogens with zero attached hydrogens (tertiary/aromatic N) is 4. The van der Waals surface area contributed by atoms with Crippen molar-refractivity contribution in [2.24, 2.45) is 0 Å². The van der Waals surface area contributed by atoms with Crippen molar-refractivity contribution in [3.8, 4) is 34.5 Å². The highest BCUT2D eigenvalue weighted by Gasteiger charge is 2.25. The van der Waals surface area contributed by atoms with Gasteiger partial charge in [-0.3, -0.25) is 9.59 Å². The van der Waals surface area contributed by atoms with Crippen LogP contribution >= 0.6 is 0 Å². The van der Waals surface area contributed by atoms with Crippen LogP contribution < -0.4 is 33.7 Å². The van der Waals surface area contributed by atoms with Crippen LogP contribution in [0, 0.1) is 0 Å². The average Bonchev–Trinajstić information content (AvgIpc) is 3.39. The number of carbonyl (C=O) groups is 2. The van der Waals surface area contributed by atoms with E-state index in [1.807, 2.05) is 53.1 Å². The zero-order chi connectivity index (χ0) is 52.7. The fourth-order valence-electron chi connectivity index (χ4n) is 9.71. The summed E-state index contributed by atoms with van der Waals surface area (Å²) < 4.78 is 32.8. The maximum Gasteiger partial charge on any atom is 0.254 e. The van der Waals surface area contributed by atoms with Crippen LogP contribution in [0.4, 0.5) is 0 Å². The van der Waals surface area contributed by atoms with Crippen molar-refractivity contribution in [1.82, 2.24) is 24.9 Å². The number of piperidine rings is 2. The first-order valence-corrected chi connectivity index (χ1v) is 25.8. The summed E-state index contributed by atoms with van der Waals surface area (Å²) in [5.41, 5.74) is 5.45. The number of amides is 2. The van der Waals surface area contributed by atoms with Crippen molar-refractivity contribution >= 4 is 24.0 Å². The largest absolute Gasteiger partial charge is 0.493 e. The lowest BCUT2D eigenvalue weighted by Gasteiger charge is -2.34. The Kier molecular flexibility index (Phi) is 23.9. The van der Waals surface area contributed by atoms with Gasteiger partial charge in [-0.15, -0.1) is 0 Å². The molecule has 0 spiro atoms. The minimum Gasteiger partial charge on any atom is -0.493 e. The number of ether oxygens (including phenoxy) is 6. The number of β-amino-alcohol motifs (C(OH)–C–C–N with tert-alkyl or cyclic N) is 1. The van der Waals surface area contributed by atoms with Gasteiger partial charge in [0.05, 0.1) is 48.8 Å². The SMILES string of the molecule is COc1cc(C(=O)N(CCCN2CCCC(NC(C)C)C2)C/C(C)=C/c2ccccc2)cc(OC)c1OC.COc1cc(C(=O)N(CCCN2CCCC(O)C2)C/C(C)=C/c2ccccc2)cc(OC)c1OC. The van der Waals surface area contributed by atoms with E-state index in [0.29, 0.717) is 90.4 Å². The molecular formula is C59H83N5O9. The van der Waals surface area contributed by atoms with Crippen molar-refractivity contribution < 1.29 is 43.1 Å². The summed E-state index contributed by atoms with van der Waals surface area (Å²) in [7, 11) is 9.33. The van der Waals surface area contributed by atoms with Gasteiger partial charge < -0.3 is 58.4 Å². The number of hydrogen-bond acceptors (Lipinski definition) is 12. The van der Waals surface area contributed by atoms with E-state index in [1.165, 1.54) is 12.8 Å². The lowest BCUT2D eigenvalue weighted by Crippen LogP contribution is -2.48. The maximum atomic E-state index is 13.8. The smallest absolute Gasteiger partial charge is 0.254 e. The monoisotopic (exact) mass is 1010 g/mol. The standard InChI is InChI=1S/C31H45N3O4.C28H38N2O5/c1-23(2)32-27-14-10-15-33(22-27)16-11-17-34(21-24(3)18-25-12-8-7-9-13-25)31(35)26-19-28(36-4)30(38-6)29(20-26)37-5;1-21(16-22-10-6-5-7-11-22)19-30(15-9-14-29-13-8-12-24(31)20-29)28(32)23-17-25(33-2)27(35-4)26(18-23)34-3/h7-9,12-13,18-20,23,27,32H,10-11,14-17,21-22H2,1-6H3;5-7,10-11,16-18,24,31H,8-9,12-15,19-20H2,1-4H3/b24-18+;21-16+. The van der Waals surface area contributed by atoms with Crippen LogP contribution in [-0.2, 0) is 0 Å². The zero-order valence-electron chi connectivity index (χ0n) is 45.3. The lowest BCUT2D eigenvalue weighted by atomic mass is 10.0. The second-order valence-electron chi connectivity index (χ2n) is 19.3. The Balaban J connectivity index is 0.000000272. The van der Waals surface area contributed by atoms with Crippen molar-refractivity contribution in [3.63, 3.8) is 0 Å². The van der Waals surface area contributed by atoms with Crippen molar-refractivity contribution in [2.45, 2.75) is 84.4 Å². The van der Waals surface area contributed by atoms with Gasteiger partial charge in [-0.2, -0.15) is 0 Å². The van der Waals surface area contributed by atoms with E-state index in [9.17, 15) is 14.7 Å². The lowest BCUT2D eigenvalue weighted by molar-refractivity contribution is 0.0646. The molecule has 0 aromatic heterocycles. The van der Waals surface area contributed by atoms with Gasteiger partial charge in [0.2, 0.25) is 11.5 Å². The molecule has 2 fully saturated rings. The topological polar surface area (TPSA) is 135 Å². The Morgan fingerprint density at radius 1 is 0.616 bits per heavy atom. The molecule has 0 saturated carbocycles. The third kappa shape index (κ3) is 18.1. The fourth-order valence-corrected chi connectivity index (χ4v) is 9.71. The molecule has 2 saturated heterocycles. The van der Waals surface area contributed by atoms with Gasteiger partial charge in [0, 0.05) is 62.5 Å². The first kappa shape index (κ1) is 57.8. The summed E-state index contributed by atoms with van der Waals surface area (Å²) in [6, 6.07) is 28.2. The Bertz CT molecular complexity index is 2330. The molecule has 4 aromatic carbocycles. The molecule has 2 atom stereocenters. The van der Waals surface area contributed by atoms with E-state index in [2.05, 4.69) is 72.3 Å². The van der Waals surface area contributed by atoms with E-state index in [-0.39, 0.29) is 17.9 Å². The van der Waals surface area contributed by atoms with Crippen LogP contribution in [0.5, 0.6) is 34.5 Å². The number of methoxy groups -OCH3 is 6. The number of carbonyl (C=O) groups excluding carboxylic acids is 2. The second kappa shape index (κ2) is 30.2. The molecular weight excluding hydrogens is 923 g/mol. The van der Waals surface area contributed by atoms with Gasteiger partial charge in [0.15, 0.2) is 23.0 Å². The summed E-state index contributed by atoms with van der Waals surface area (Å²) in [4.78, 5) is 36.2. The number of hydrogen-bond donors (Lipinski definition) is 2. The molecule has 14 heteroatoms. The van der Waals surface area contributed by atoms with Crippen molar-refractivity contribution in [1.29, 1.82) is 0 Å². The van der Waals surface area contributed by atoms with Crippen molar-refractivity contribution in [3.05, 3.63) is 118 Å². The van der Waals surface area contributed by atoms with Gasteiger partial charge in [-0.1, -0.05) is 97.8 Å². The molecule has 2 aliphatic rings. The predicted molar refractivity (Wildman–Crippen MR) is 293 cm³/mol. The highest BCUT2D eigenvalue weighted by Crippen LogP contribution is 2.40. The Hall–Kier alpha value is -6.06. The molecule has 0 radical (unpaired) electrons. The molecule has 2 unspecified atom stereocenters. The summed E-state index contributed by atoms with van der Waals surface area (Å²) in [5.74, 6) is 2.65. The fraction of sp³-hybridized carbons (Fsp3) is 0.492. The van der Waals surface area contributed by atoms with Gasteiger partial charge >= 0.3 is 0 Å². The zero-order valence-corrected chi connectivity index (χ0v) is 45.3. The van der Waals surface area contributed by atoms with E-state index >= 15 is 0 Å². The maximum absolute atomic E-state index is 13.8. The molecule has 14 nitrogen and oxygen atoms in total. The Morgan fingerprint density at radius 2 is 1.01 bits per heavy atom. The van der Waals surface area contributed by atoms with E-state index in [0.717, 1.165) is 80.7 Å². The van der Waals surface area contributed by atoms with Crippen LogP contribution in [0.2, 0.25) is 0 Å². The normalized spacial score (nSPS) is 16.5.